The Kier molecular flexibility index (Phi) is 4.88. The molecule has 0 aliphatic heterocycles. The Morgan fingerprint density at radius 2 is 2.25 bits per heavy atom. The molecule has 5 heteroatoms. The van der Waals surface area contributed by atoms with Crippen LogP contribution in [0.15, 0.2) is 35.0 Å². The van der Waals surface area contributed by atoms with E-state index in [1.54, 1.807) is 6.07 Å². The fourth-order valence-electron chi connectivity index (χ4n) is 1.62. The van der Waals surface area contributed by atoms with Gasteiger partial charge < -0.3 is 11.1 Å². The first kappa shape index (κ1) is 14.3. The van der Waals surface area contributed by atoms with E-state index in [0.29, 0.717) is 5.56 Å². The molecule has 0 fully saturated rings. The Labute approximate surface area is 120 Å². The largest absolute Gasteiger partial charge is 0.323 e. The average molecular weight is 288 g/mol. The summed E-state index contributed by atoms with van der Waals surface area (Å²) in [7, 11) is 0. The molecule has 1 aromatic carbocycles. The first-order valence-corrected chi connectivity index (χ1v) is 6.92. The van der Waals surface area contributed by atoms with Crippen LogP contribution in [-0.4, -0.2) is 12.5 Å². The lowest BCUT2D eigenvalue weighted by Gasteiger charge is -2.06. The van der Waals surface area contributed by atoms with Crippen molar-refractivity contribution in [2.45, 2.75) is 6.42 Å². The van der Waals surface area contributed by atoms with Crippen molar-refractivity contribution in [3.05, 3.63) is 52.0 Å². The molecule has 2 rings (SSSR count). The maximum Gasteiger partial charge on any atom is 0.228 e. The SMILES string of the molecule is NCC#Cc1ccc(NC(=O)Cc2ccsc2)c(F)c1. The second-order valence-electron chi connectivity index (χ2n) is 4.06. The third-order valence-electron chi connectivity index (χ3n) is 2.52. The number of carbonyl (C=O) groups excluding carboxylic acids is 1. The van der Waals surface area contributed by atoms with E-state index in [9.17, 15) is 9.18 Å². The van der Waals surface area contributed by atoms with Gasteiger partial charge in [0.05, 0.1) is 18.7 Å². The number of rotatable bonds is 3. The highest BCUT2D eigenvalue weighted by atomic mass is 32.1. The van der Waals surface area contributed by atoms with Crippen LogP contribution >= 0.6 is 11.3 Å². The zero-order valence-electron chi connectivity index (χ0n) is 10.7. The van der Waals surface area contributed by atoms with Crippen LogP contribution in [0, 0.1) is 17.7 Å². The predicted octanol–water partition coefficient (Wildman–Crippen LogP) is 2.38. The number of amides is 1. The Balaban J connectivity index is 2.04. The molecule has 1 amide bonds. The molecule has 0 bridgehead atoms. The van der Waals surface area contributed by atoms with Gasteiger partial charge in [0.2, 0.25) is 5.91 Å². The van der Waals surface area contributed by atoms with Crippen LogP contribution in [0.25, 0.3) is 0 Å². The zero-order chi connectivity index (χ0) is 14.4. The molecule has 0 unspecified atom stereocenters. The summed E-state index contributed by atoms with van der Waals surface area (Å²) in [6, 6.07) is 6.29. The molecule has 3 N–H and O–H groups in total. The Morgan fingerprint density at radius 3 is 2.90 bits per heavy atom. The monoisotopic (exact) mass is 288 g/mol. The van der Waals surface area contributed by atoms with Crippen molar-refractivity contribution in [3.8, 4) is 11.8 Å². The van der Waals surface area contributed by atoms with Crippen LogP contribution < -0.4 is 11.1 Å². The standard InChI is InChI=1S/C15H13FN2OS/c16-13-8-11(2-1-6-17)3-4-14(13)18-15(19)9-12-5-7-20-10-12/h3-5,7-8,10H,6,9,17H2,(H,18,19). The second kappa shape index (κ2) is 6.85. The van der Waals surface area contributed by atoms with Gasteiger partial charge in [-0.1, -0.05) is 11.8 Å². The minimum absolute atomic E-state index is 0.156. The van der Waals surface area contributed by atoms with Crippen molar-refractivity contribution in [2.75, 3.05) is 11.9 Å². The highest BCUT2D eigenvalue weighted by Gasteiger charge is 2.08. The minimum Gasteiger partial charge on any atom is -0.323 e. The quantitative estimate of drug-likeness (QED) is 0.852. The third kappa shape index (κ3) is 3.92. The summed E-state index contributed by atoms with van der Waals surface area (Å²) in [5, 5.41) is 6.34. The van der Waals surface area contributed by atoms with Gasteiger partial charge in [0.1, 0.15) is 5.82 Å². The van der Waals surface area contributed by atoms with Crippen molar-refractivity contribution in [2.24, 2.45) is 5.73 Å². The average Bonchev–Trinajstić information content (AvgIpc) is 2.92. The van der Waals surface area contributed by atoms with Gasteiger partial charge in [0, 0.05) is 5.56 Å². The van der Waals surface area contributed by atoms with Crippen molar-refractivity contribution in [3.63, 3.8) is 0 Å². The van der Waals surface area contributed by atoms with E-state index in [1.807, 2.05) is 16.8 Å². The van der Waals surface area contributed by atoms with Gasteiger partial charge in [0.15, 0.2) is 0 Å². The molecule has 102 valence electrons. The van der Waals surface area contributed by atoms with E-state index < -0.39 is 5.82 Å². The van der Waals surface area contributed by atoms with Crippen LogP contribution in [0.4, 0.5) is 10.1 Å². The molecular weight excluding hydrogens is 275 g/mol. The van der Waals surface area contributed by atoms with Crippen LogP contribution in [-0.2, 0) is 11.2 Å². The van der Waals surface area contributed by atoms with Crippen LogP contribution in [0.3, 0.4) is 0 Å². The molecule has 0 aliphatic rings. The molecule has 0 saturated heterocycles. The number of hydrogen-bond acceptors (Lipinski definition) is 3. The molecular formula is C15H13FN2OS. The Bertz CT molecular complexity index is 656. The highest BCUT2D eigenvalue weighted by molar-refractivity contribution is 7.08. The third-order valence-corrected chi connectivity index (χ3v) is 3.25. The van der Waals surface area contributed by atoms with Crippen LogP contribution in [0.2, 0.25) is 0 Å². The van der Waals surface area contributed by atoms with Crippen molar-refractivity contribution < 1.29 is 9.18 Å². The molecule has 2 aromatic rings. The van der Waals surface area contributed by atoms with E-state index in [0.717, 1.165) is 5.56 Å². The van der Waals surface area contributed by atoms with E-state index in [1.165, 1.54) is 23.5 Å². The number of benzene rings is 1. The Morgan fingerprint density at radius 1 is 1.40 bits per heavy atom. The van der Waals surface area contributed by atoms with E-state index >= 15 is 0 Å². The number of carbonyl (C=O) groups is 1. The van der Waals surface area contributed by atoms with Crippen LogP contribution in [0.5, 0.6) is 0 Å². The lowest BCUT2D eigenvalue weighted by atomic mass is 10.2. The first-order chi connectivity index (χ1) is 9.69. The summed E-state index contributed by atoms with van der Waals surface area (Å²) in [5.74, 6) is 4.63. The van der Waals surface area contributed by atoms with Gasteiger partial charge in [-0.25, -0.2) is 4.39 Å². The number of nitrogens with one attached hydrogen (secondary N) is 1. The van der Waals surface area contributed by atoms with E-state index in [2.05, 4.69) is 17.2 Å². The second-order valence-corrected chi connectivity index (χ2v) is 4.84. The number of hydrogen-bond donors (Lipinski definition) is 2. The minimum atomic E-state index is -0.507. The first-order valence-electron chi connectivity index (χ1n) is 5.98. The summed E-state index contributed by atoms with van der Waals surface area (Å²) in [6.07, 6.45) is 0.234. The van der Waals surface area contributed by atoms with Gasteiger partial charge in [-0.05, 0) is 40.6 Å². The highest BCUT2D eigenvalue weighted by Crippen LogP contribution is 2.16. The van der Waals surface area contributed by atoms with Gasteiger partial charge in [-0.3, -0.25) is 4.79 Å². The number of nitrogens with two attached hydrogens (primary N) is 1. The molecule has 0 aliphatic carbocycles. The van der Waals surface area contributed by atoms with E-state index in [4.69, 9.17) is 5.73 Å². The van der Waals surface area contributed by atoms with Crippen molar-refractivity contribution in [1.29, 1.82) is 0 Å². The molecule has 0 saturated carbocycles. The lowest BCUT2D eigenvalue weighted by molar-refractivity contribution is -0.115. The number of thiophene rings is 1. The van der Waals surface area contributed by atoms with Crippen molar-refractivity contribution >= 4 is 22.9 Å². The normalized spacial score (nSPS) is 9.70. The van der Waals surface area contributed by atoms with Gasteiger partial charge >= 0.3 is 0 Å². The topological polar surface area (TPSA) is 55.1 Å². The molecule has 0 spiro atoms. The maximum atomic E-state index is 13.8. The molecule has 20 heavy (non-hydrogen) atoms. The summed E-state index contributed by atoms with van der Waals surface area (Å²) >= 11 is 1.52. The molecule has 0 atom stereocenters. The van der Waals surface area contributed by atoms with Gasteiger partial charge in [0.25, 0.3) is 0 Å². The summed E-state index contributed by atoms with van der Waals surface area (Å²) < 4.78 is 13.8. The van der Waals surface area contributed by atoms with Gasteiger partial charge in [-0.2, -0.15) is 11.3 Å². The van der Waals surface area contributed by atoms with Crippen molar-refractivity contribution in [1.82, 2.24) is 0 Å². The zero-order valence-corrected chi connectivity index (χ0v) is 11.5. The summed E-state index contributed by atoms with van der Waals surface area (Å²) in [5.41, 5.74) is 6.85. The van der Waals surface area contributed by atoms with E-state index in [-0.39, 0.29) is 24.6 Å². The fraction of sp³-hybridized carbons (Fsp3) is 0.133. The summed E-state index contributed by atoms with van der Waals surface area (Å²) in [6.45, 7) is 0.223. The molecule has 0 radical (unpaired) electrons. The molecule has 1 aromatic heterocycles. The molecule has 3 nitrogen and oxygen atoms in total. The Hall–Kier alpha value is -2.16. The lowest BCUT2D eigenvalue weighted by Crippen LogP contribution is -2.15. The smallest absolute Gasteiger partial charge is 0.228 e. The fourth-order valence-corrected chi connectivity index (χ4v) is 2.29. The maximum absolute atomic E-state index is 13.8. The molecule has 1 heterocycles. The van der Waals surface area contributed by atoms with Crippen LogP contribution in [0.1, 0.15) is 11.1 Å². The van der Waals surface area contributed by atoms with Gasteiger partial charge in [-0.15, -0.1) is 0 Å². The number of anilines is 1. The predicted molar refractivity (Wildman–Crippen MR) is 79.0 cm³/mol. The number of halogens is 1. The summed E-state index contributed by atoms with van der Waals surface area (Å²) in [4.78, 5) is 11.8.